The van der Waals surface area contributed by atoms with Crippen molar-refractivity contribution in [3.05, 3.63) is 29.6 Å². The highest BCUT2D eigenvalue weighted by atomic mass is 127. The summed E-state index contributed by atoms with van der Waals surface area (Å²) >= 11 is 0. The number of guanidine groups is 1. The Kier molecular flexibility index (Phi) is 8.47. The van der Waals surface area contributed by atoms with Crippen LogP contribution in [-0.4, -0.2) is 36.9 Å². The SMILES string of the molecule is CCNC(=NCc1ccc(O)c(F)c1)NCC1CCCO1.I. The highest BCUT2D eigenvalue weighted by Gasteiger charge is 2.15. The zero-order chi connectivity index (χ0) is 15.1. The van der Waals surface area contributed by atoms with Gasteiger partial charge in [-0.2, -0.15) is 0 Å². The number of halogens is 2. The Morgan fingerprint density at radius 1 is 1.45 bits per heavy atom. The van der Waals surface area contributed by atoms with Gasteiger partial charge in [0, 0.05) is 19.7 Å². The largest absolute Gasteiger partial charge is 0.505 e. The van der Waals surface area contributed by atoms with E-state index in [1.54, 1.807) is 6.07 Å². The Labute approximate surface area is 147 Å². The first kappa shape index (κ1) is 19.0. The van der Waals surface area contributed by atoms with Crippen LogP contribution in [0.1, 0.15) is 25.3 Å². The minimum atomic E-state index is -0.625. The van der Waals surface area contributed by atoms with Crippen LogP contribution in [0.15, 0.2) is 23.2 Å². The first-order valence-electron chi connectivity index (χ1n) is 7.30. The molecule has 5 nitrogen and oxygen atoms in total. The Hall–Kier alpha value is -1.09. The first-order chi connectivity index (χ1) is 10.2. The Balaban J connectivity index is 0.00000242. The average Bonchev–Trinajstić information content (AvgIpc) is 2.99. The van der Waals surface area contributed by atoms with E-state index in [0.717, 1.165) is 32.5 Å². The number of rotatable bonds is 5. The van der Waals surface area contributed by atoms with Crippen LogP contribution < -0.4 is 10.6 Å². The van der Waals surface area contributed by atoms with Gasteiger partial charge in [-0.1, -0.05) is 6.07 Å². The third-order valence-electron chi connectivity index (χ3n) is 3.30. The second kappa shape index (κ2) is 9.83. The van der Waals surface area contributed by atoms with Gasteiger partial charge in [0.05, 0.1) is 12.6 Å². The van der Waals surface area contributed by atoms with Gasteiger partial charge < -0.3 is 20.5 Å². The van der Waals surface area contributed by atoms with Gasteiger partial charge in [-0.15, -0.1) is 24.0 Å². The summed E-state index contributed by atoms with van der Waals surface area (Å²) in [7, 11) is 0. The maximum atomic E-state index is 13.3. The molecule has 2 rings (SSSR count). The molecule has 1 atom stereocenters. The van der Waals surface area contributed by atoms with E-state index in [-0.39, 0.29) is 35.8 Å². The summed E-state index contributed by atoms with van der Waals surface area (Å²) in [6.07, 6.45) is 2.41. The lowest BCUT2D eigenvalue weighted by Gasteiger charge is -2.14. The number of hydrogen-bond donors (Lipinski definition) is 3. The van der Waals surface area contributed by atoms with E-state index in [0.29, 0.717) is 18.1 Å². The molecule has 1 aromatic carbocycles. The van der Waals surface area contributed by atoms with E-state index in [2.05, 4.69) is 15.6 Å². The fraction of sp³-hybridized carbons (Fsp3) is 0.533. The fourth-order valence-corrected chi connectivity index (χ4v) is 2.18. The topological polar surface area (TPSA) is 65.9 Å². The van der Waals surface area contributed by atoms with E-state index in [9.17, 15) is 4.39 Å². The smallest absolute Gasteiger partial charge is 0.191 e. The molecule has 0 spiro atoms. The molecule has 0 bridgehead atoms. The molecule has 1 unspecified atom stereocenters. The molecule has 124 valence electrons. The van der Waals surface area contributed by atoms with Crippen LogP contribution in [0, 0.1) is 5.82 Å². The minimum absolute atomic E-state index is 0. The molecule has 1 aromatic rings. The maximum absolute atomic E-state index is 13.3. The number of hydrogen-bond acceptors (Lipinski definition) is 3. The summed E-state index contributed by atoms with van der Waals surface area (Å²) < 4.78 is 18.8. The van der Waals surface area contributed by atoms with Gasteiger partial charge in [0.2, 0.25) is 0 Å². The van der Waals surface area contributed by atoms with Crippen molar-refractivity contribution in [3.63, 3.8) is 0 Å². The summed E-state index contributed by atoms with van der Waals surface area (Å²) in [5, 5.41) is 15.5. The molecule has 1 heterocycles. The number of phenolic OH excluding ortho intramolecular Hbond substituents is 1. The lowest BCUT2D eigenvalue weighted by molar-refractivity contribution is 0.114. The third-order valence-corrected chi connectivity index (χ3v) is 3.30. The molecule has 1 aliphatic heterocycles. The molecule has 0 aromatic heterocycles. The van der Waals surface area contributed by atoms with E-state index in [4.69, 9.17) is 9.84 Å². The number of phenols is 1. The van der Waals surface area contributed by atoms with Crippen LogP contribution in [0.2, 0.25) is 0 Å². The van der Waals surface area contributed by atoms with Crippen LogP contribution in [0.3, 0.4) is 0 Å². The Bertz CT molecular complexity index is 494. The second-order valence-corrected chi connectivity index (χ2v) is 5.00. The summed E-state index contributed by atoms with van der Waals surface area (Å²) in [6.45, 7) is 4.63. The highest BCUT2D eigenvalue weighted by Crippen LogP contribution is 2.16. The number of aliphatic imine (C=N–C) groups is 1. The van der Waals surface area contributed by atoms with Gasteiger partial charge >= 0.3 is 0 Å². The number of nitrogens with one attached hydrogen (secondary N) is 2. The molecule has 0 aliphatic carbocycles. The molecule has 3 N–H and O–H groups in total. The van der Waals surface area contributed by atoms with Crippen molar-refractivity contribution in [1.82, 2.24) is 10.6 Å². The molecule has 22 heavy (non-hydrogen) atoms. The summed E-state index contributed by atoms with van der Waals surface area (Å²) in [6, 6.07) is 4.29. The lowest BCUT2D eigenvalue weighted by atomic mass is 10.2. The quantitative estimate of drug-likeness (QED) is 0.387. The van der Waals surface area contributed by atoms with Gasteiger partial charge in [0.15, 0.2) is 17.5 Å². The van der Waals surface area contributed by atoms with E-state index in [1.165, 1.54) is 12.1 Å². The van der Waals surface area contributed by atoms with Gasteiger partial charge in [-0.05, 0) is 37.5 Å². The van der Waals surface area contributed by atoms with Crippen molar-refractivity contribution in [2.75, 3.05) is 19.7 Å². The van der Waals surface area contributed by atoms with Crippen molar-refractivity contribution < 1.29 is 14.2 Å². The second-order valence-electron chi connectivity index (χ2n) is 5.00. The van der Waals surface area contributed by atoms with Crippen molar-refractivity contribution in [2.24, 2.45) is 4.99 Å². The van der Waals surface area contributed by atoms with Gasteiger partial charge in [-0.25, -0.2) is 9.38 Å². The average molecular weight is 423 g/mol. The van der Waals surface area contributed by atoms with Gasteiger partial charge in [0.1, 0.15) is 0 Å². The van der Waals surface area contributed by atoms with Crippen molar-refractivity contribution >= 4 is 29.9 Å². The van der Waals surface area contributed by atoms with E-state index >= 15 is 0 Å². The molecule has 0 amide bonds. The molecule has 1 aliphatic rings. The molecule has 0 radical (unpaired) electrons. The Morgan fingerprint density at radius 3 is 2.91 bits per heavy atom. The molecular weight excluding hydrogens is 400 g/mol. The highest BCUT2D eigenvalue weighted by molar-refractivity contribution is 14.0. The summed E-state index contributed by atoms with van der Waals surface area (Å²) in [4.78, 5) is 4.41. The van der Waals surface area contributed by atoms with E-state index in [1.807, 2.05) is 6.92 Å². The van der Waals surface area contributed by atoms with Gasteiger partial charge in [0.25, 0.3) is 0 Å². The monoisotopic (exact) mass is 423 g/mol. The van der Waals surface area contributed by atoms with Crippen LogP contribution in [0.25, 0.3) is 0 Å². The van der Waals surface area contributed by atoms with Gasteiger partial charge in [-0.3, -0.25) is 0 Å². The summed E-state index contributed by atoms with van der Waals surface area (Å²) in [5.74, 6) is -0.285. The van der Waals surface area contributed by atoms with Crippen LogP contribution >= 0.6 is 24.0 Å². The van der Waals surface area contributed by atoms with E-state index < -0.39 is 5.82 Å². The Morgan fingerprint density at radius 2 is 2.27 bits per heavy atom. The standard InChI is InChI=1S/C15H22FN3O2.HI/c1-2-17-15(19-10-12-4-3-7-21-12)18-9-11-5-6-14(20)13(16)8-11;/h5-6,8,12,20H,2-4,7,9-10H2,1H3,(H2,17,18,19);1H. The number of ether oxygens (including phenoxy) is 1. The maximum Gasteiger partial charge on any atom is 0.191 e. The number of benzene rings is 1. The van der Waals surface area contributed by atoms with Crippen LogP contribution in [-0.2, 0) is 11.3 Å². The van der Waals surface area contributed by atoms with Crippen LogP contribution in [0.4, 0.5) is 4.39 Å². The number of aromatic hydroxyl groups is 1. The molecule has 7 heteroatoms. The zero-order valence-electron chi connectivity index (χ0n) is 12.6. The lowest BCUT2D eigenvalue weighted by Crippen LogP contribution is -2.41. The predicted molar refractivity (Wildman–Crippen MR) is 95.3 cm³/mol. The minimum Gasteiger partial charge on any atom is -0.505 e. The number of nitrogens with zero attached hydrogens (tertiary/aromatic N) is 1. The molecule has 1 saturated heterocycles. The third kappa shape index (κ3) is 5.96. The first-order valence-corrected chi connectivity index (χ1v) is 7.30. The van der Waals surface area contributed by atoms with Crippen molar-refractivity contribution in [1.29, 1.82) is 0 Å². The zero-order valence-corrected chi connectivity index (χ0v) is 15.0. The van der Waals surface area contributed by atoms with Crippen molar-refractivity contribution in [2.45, 2.75) is 32.4 Å². The van der Waals surface area contributed by atoms with Crippen molar-refractivity contribution in [3.8, 4) is 5.75 Å². The van der Waals surface area contributed by atoms with Crippen LogP contribution in [0.5, 0.6) is 5.75 Å². The molecule has 0 saturated carbocycles. The predicted octanol–water partition coefficient (Wildman–Crippen LogP) is 2.38. The molecule has 1 fully saturated rings. The molecular formula is C15H23FIN3O2. The fourth-order valence-electron chi connectivity index (χ4n) is 2.18. The normalized spacial score (nSPS) is 17.9. The summed E-state index contributed by atoms with van der Waals surface area (Å²) in [5.41, 5.74) is 0.708.